The van der Waals surface area contributed by atoms with E-state index < -0.39 is 19.9 Å². The molecular weight excluding hydrogens is 356 g/mol. The van der Waals surface area contributed by atoms with E-state index in [1.54, 1.807) is 29.6 Å². The van der Waals surface area contributed by atoms with Gasteiger partial charge in [-0.3, -0.25) is 0 Å². The van der Waals surface area contributed by atoms with E-state index in [0.717, 1.165) is 11.9 Å². The van der Waals surface area contributed by atoms with Crippen LogP contribution >= 0.6 is 11.3 Å². The summed E-state index contributed by atoms with van der Waals surface area (Å²) in [6.07, 6.45) is 1.15. The number of nitrogens with zero attached hydrogens (tertiary/aromatic N) is 1. The SMILES string of the molecule is CN(CCNc1ccc(S(C)(=O)=O)cc1)S(=O)(=O)c1cccs1. The van der Waals surface area contributed by atoms with Crippen LogP contribution in [0.1, 0.15) is 0 Å². The standard InChI is InChI=1S/C14H18N2O4S3/c1-16(23(19,20)14-4-3-11-21-14)10-9-15-12-5-7-13(8-6-12)22(2,17)18/h3-8,11,15H,9-10H2,1-2H3. The van der Waals surface area contributed by atoms with E-state index in [1.807, 2.05) is 0 Å². The maximum Gasteiger partial charge on any atom is 0.252 e. The molecule has 0 bridgehead atoms. The van der Waals surface area contributed by atoms with E-state index in [-0.39, 0.29) is 4.90 Å². The third kappa shape index (κ3) is 4.54. The fourth-order valence-electron chi connectivity index (χ4n) is 1.86. The number of anilines is 1. The Bertz CT molecular complexity index is 842. The second kappa shape index (κ2) is 7.00. The van der Waals surface area contributed by atoms with Gasteiger partial charge in [0.25, 0.3) is 10.0 Å². The van der Waals surface area contributed by atoms with Crippen LogP contribution < -0.4 is 5.32 Å². The second-order valence-electron chi connectivity index (χ2n) is 4.98. The number of rotatable bonds is 7. The number of sulfone groups is 1. The van der Waals surface area contributed by atoms with Gasteiger partial charge in [0.05, 0.1) is 4.90 Å². The van der Waals surface area contributed by atoms with Crippen LogP contribution in [0.2, 0.25) is 0 Å². The van der Waals surface area contributed by atoms with Crippen molar-refractivity contribution in [3.63, 3.8) is 0 Å². The lowest BCUT2D eigenvalue weighted by atomic mass is 10.3. The summed E-state index contributed by atoms with van der Waals surface area (Å²) in [5, 5.41) is 4.80. The van der Waals surface area contributed by atoms with Gasteiger partial charge in [0, 0.05) is 32.1 Å². The first-order valence-electron chi connectivity index (χ1n) is 6.75. The highest BCUT2D eigenvalue weighted by Crippen LogP contribution is 2.19. The van der Waals surface area contributed by atoms with Gasteiger partial charge in [-0.15, -0.1) is 11.3 Å². The highest BCUT2D eigenvalue weighted by atomic mass is 32.2. The number of sulfonamides is 1. The lowest BCUT2D eigenvalue weighted by Gasteiger charge is -2.16. The second-order valence-corrected chi connectivity index (χ2v) is 10.2. The molecule has 2 rings (SSSR count). The van der Waals surface area contributed by atoms with Crippen molar-refractivity contribution < 1.29 is 16.8 Å². The Hall–Kier alpha value is -1.42. The van der Waals surface area contributed by atoms with Crippen LogP contribution in [-0.2, 0) is 19.9 Å². The van der Waals surface area contributed by atoms with E-state index >= 15 is 0 Å². The smallest absolute Gasteiger partial charge is 0.252 e. The molecule has 23 heavy (non-hydrogen) atoms. The molecule has 0 aliphatic rings. The molecule has 0 radical (unpaired) electrons. The molecule has 0 saturated heterocycles. The minimum absolute atomic E-state index is 0.250. The molecule has 0 unspecified atom stereocenters. The quantitative estimate of drug-likeness (QED) is 0.800. The molecule has 0 amide bonds. The monoisotopic (exact) mass is 374 g/mol. The number of hydrogen-bond acceptors (Lipinski definition) is 6. The third-order valence-corrected chi connectivity index (χ3v) is 7.56. The average Bonchev–Trinajstić information content (AvgIpc) is 3.01. The fraction of sp³-hybridized carbons (Fsp3) is 0.286. The first-order chi connectivity index (χ1) is 10.7. The molecule has 2 aromatic rings. The van der Waals surface area contributed by atoms with Crippen molar-refractivity contribution in [2.75, 3.05) is 31.7 Å². The Morgan fingerprint density at radius 2 is 1.74 bits per heavy atom. The van der Waals surface area contributed by atoms with Gasteiger partial charge in [0.15, 0.2) is 9.84 Å². The molecule has 1 aromatic carbocycles. The number of hydrogen-bond donors (Lipinski definition) is 1. The first-order valence-corrected chi connectivity index (χ1v) is 11.0. The summed E-state index contributed by atoms with van der Waals surface area (Å²) >= 11 is 1.18. The maximum atomic E-state index is 12.2. The summed E-state index contributed by atoms with van der Waals surface area (Å²) in [5.41, 5.74) is 0.735. The zero-order valence-corrected chi connectivity index (χ0v) is 15.2. The molecule has 6 nitrogen and oxygen atoms in total. The highest BCUT2D eigenvalue weighted by molar-refractivity contribution is 7.91. The van der Waals surface area contributed by atoms with Crippen LogP contribution in [0.15, 0.2) is 50.9 Å². The van der Waals surface area contributed by atoms with Gasteiger partial charge >= 0.3 is 0 Å². The van der Waals surface area contributed by atoms with Crippen molar-refractivity contribution in [3.05, 3.63) is 41.8 Å². The van der Waals surface area contributed by atoms with Crippen molar-refractivity contribution in [2.24, 2.45) is 0 Å². The summed E-state index contributed by atoms with van der Waals surface area (Å²) < 4.78 is 48.8. The summed E-state index contributed by atoms with van der Waals surface area (Å²) in [5.74, 6) is 0. The van der Waals surface area contributed by atoms with Gasteiger partial charge in [0.2, 0.25) is 0 Å². The lowest BCUT2D eigenvalue weighted by molar-refractivity contribution is 0.482. The van der Waals surface area contributed by atoms with Crippen molar-refractivity contribution in [3.8, 4) is 0 Å². The van der Waals surface area contributed by atoms with Crippen molar-refractivity contribution in [2.45, 2.75) is 9.10 Å². The third-order valence-electron chi connectivity index (χ3n) is 3.20. The number of likely N-dealkylation sites (N-methyl/N-ethyl adjacent to an activating group) is 1. The van der Waals surface area contributed by atoms with Crippen LogP contribution in [0.3, 0.4) is 0 Å². The summed E-state index contributed by atoms with van der Waals surface area (Å²) in [6.45, 7) is 0.716. The van der Waals surface area contributed by atoms with Crippen molar-refractivity contribution in [1.29, 1.82) is 0 Å². The summed E-state index contributed by atoms with van der Waals surface area (Å²) in [7, 11) is -5.12. The molecule has 0 atom stereocenters. The van der Waals surface area contributed by atoms with E-state index in [1.165, 1.54) is 34.8 Å². The van der Waals surface area contributed by atoms with Crippen LogP contribution in [0.25, 0.3) is 0 Å². The van der Waals surface area contributed by atoms with Gasteiger partial charge in [0.1, 0.15) is 4.21 Å². The molecule has 0 aliphatic heterocycles. The van der Waals surface area contributed by atoms with Gasteiger partial charge < -0.3 is 5.32 Å². The maximum absolute atomic E-state index is 12.2. The molecule has 9 heteroatoms. The first kappa shape index (κ1) is 17.9. The zero-order valence-electron chi connectivity index (χ0n) is 12.8. The zero-order chi connectivity index (χ0) is 17.1. The Kier molecular flexibility index (Phi) is 5.45. The Morgan fingerprint density at radius 1 is 1.09 bits per heavy atom. The van der Waals surface area contributed by atoms with Gasteiger partial charge in [-0.2, -0.15) is 4.31 Å². The fourth-order valence-corrected chi connectivity index (χ4v) is 4.86. The lowest BCUT2D eigenvalue weighted by Crippen LogP contribution is -2.31. The number of benzene rings is 1. The highest BCUT2D eigenvalue weighted by Gasteiger charge is 2.21. The Morgan fingerprint density at radius 3 is 2.26 bits per heavy atom. The molecule has 126 valence electrons. The molecule has 1 aromatic heterocycles. The molecule has 0 spiro atoms. The van der Waals surface area contributed by atoms with Crippen LogP contribution in [0, 0.1) is 0 Å². The minimum Gasteiger partial charge on any atom is -0.384 e. The van der Waals surface area contributed by atoms with E-state index in [9.17, 15) is 16.8 Å². The summed E-state index contributed by atoms with van der Waals surface area (Å²) in [4.78, 5) is 0.250. The van der Waals surface area contributed by atoms with E-state index in [2.05, 4.69) is 5.32 Å². The van der Waals surface area contributed by atoms with Crippen molar-refractivity contribution in [1.82, 2.24) is 4.31 Å². The Balaban J connectivity index is 1.92. The molecule has 1 heterocycles. The molecular formula is C14H18N2O4S3. The average molecular weight is 375 g/mol. The Labute approximate surface area is 140 Å². The molecule has 0 fully saturated rings. The normalized spacial score (nSPS) is 12.5. The van der Waals surface area contributed by atoms with Gasteiger partial charge in [-0.05, 0) is 35.7 Å². The number of nitrogens with one attached hydrogen (secondary N) is 1. The molecule has 1 N–H and O–H groups in total. The van der Waals surface area contributed by atoms with E-state index in [0.29, 0.717) is 17.3 Å². The van der Waals surface area contributed by atoms with Gasteiger partial charge in [-0.1, -0.05) is 6.07 Å². The van der Waals surface area contributed by atoms with Crippen LogP contribution in [0.5, 0.6) is 0 Å². The summed E-state index contributed by atoms with van der Waals surface area (Å²) in [6, 6.07) is 9.63. The van der Waals surface area contributed by atoms with E-state index in [4.69, 9.17) is 0 Å². The van der Waals surface area contributed by atoms with Crippen molar-refractivity contribution >= 4 is 36.9 Å². The molecule has 0 saturated carbocycles. The predicted octanol–water partition coefficient (Wildman–Crippen LogP) is 1.88. The van der Waals surface area contributed by atoms with Crippen LogP contribution in [0.4, 0.5) is 5.69 Å². The largest absolute Gasteiger partial charge is 0.384 e. The number of thiophene rings is 1. The predicted molar refractivity (Wildman–Crippen MR) is 92.2 cm³/mol. The minimum atomic E-state index is -3.44. The van der Waals surface area contributed by atoms with Gasteiger partial charge in [-0.25, -0.2) is 16.8 Å². The topological polar surface area (TPSA) is 83.6 Å². The van der Waals surface area contributed by atoms with Crippen LogP contribution in [-0.4, -0.2) is 47.5 Å². The molecule has 0 aliphatic carbocycles.